The molecule has 0 saturated carbocycles. The number of carboxylic acid groups (broad SMARTS) is 1. The van der Waals surface area contributed by atoms with Gasteiger partial charge in [-0.25, -0.2) is 0 Å². The van der Waals surface area contributed by atoms with E-state index in [4.69, 9.17) is 19.3 Å². The maximum atomic E-state index is 12.0. The Labute approximate surface area is 246 Å². The van der Waals surface area contributed by atoms with Gasteiger partial charge in [0.1, 0.15) is 0 Å². The maximum Gasteiger partial charge on any atom is 0.303 e. The smallest absolute Gasteiger partial charge is 0.303 e. The van der Waals surface area contributed by atoms with Gasteiger partial charge < -0.3 is 29.7 Å². The number of benzene rings is 3. The molecule has 0 aromatic heterocycles. The van der Waals surface area contributed by atoms with E-state index in [1.165, 1.54) is 0 Å². The van der Waals surface area contributed by atoms with Crippen molar-refractivity contribution in [2.75, 3.05) is 32.8 Å². The Bertz CT molecular complexity index is 1340. The van der Waals surface area contributed by atoms with Crippen LogP contribution in [-0.4, -0.2) is 65.9 Å². The molecule has 222 valence electrons. The Balaban J connectivity index is 1.32. The lowest BCUT2D eigenvalue weighted by molar-refractivity contribution is -0.253. The number of morpholine rings is 1. The molecule has 1 amide bonds. The number of aliphatic hydroxyl groups is 1. The van der Waals surface area contributed by atoms with Gasteiger partial charge in [-0.1, -0.05) is 60.7 Å². The highest BCUT2D eigenvalue weighted by atomic mass is 16.7. The number of amides is 1. The molecule has 5 rings (SSSR count). The first-order valence-corrected chi connectivity index (χ1v) is 14.5. The van der Waals surface area contributed by atoms with E-state index >= 15 is 0 Å². The molecular formula is C33H38N2O7. The third-order valence-electron chi connectivity index (χ3n) is 7.66. The summed E-state index contributed by atoms with van der Waals surface area (Å²) < 4.78 is 18.6. The Morgan fingerprint density at radius 3 is 2.33 bits per heavy atom. The monoisotopic (exact) mass is 574 g/mol. The van der Waals surface area contributed by atoms with Crippen molar-refractivity contribution in [1.29, 1.82) is 0 Å². The molecule has 3 N–H and O–H groups in total. The van der Waals surface area contributed by atoms with Crippen molar-refractivity contribution >= 4 is 11.9 Å². The van der Waals surface area contributed by atoms with Gasteiger partial charge in [0.15, 0.2) is 6.29 Å². The molecule has 42 heavy (non-hydrogen) atoms. The molecule has 3 aromatic carbocycles. The van der Waals surface area contributed by atoms with Gasteiger partial charge in [0.25, 0.3) is 0 Å². The average molecular weight is 575 g/mol. The van der Waals surface area contributed by atoms with Crippen LogP contribution in [-0.2, 0) is 37.0 Å². The van der Waals surface area contributed by atoms with Gasteiger partial charge in [0, 0.05) is 44.6 Å². The van der Waals surface area contributed by atoms with Crippen LogP contribution in [0.5, 0.6) is 0 Å². The maximum absolute atomic E-state index is 12.0. The lowest BCUT2D eigenvalue weighted by Gasteiger charge is -2.39. The van der Waals surface area contributed by atoms with E-state index in [-0.39, 0.29) is 37.6 Å². The van der Waals surface area contributed by atoms with E-state index in [9.17, 15) is 14.7 Å². The van der Waals surface area contributed by atoms with Crippen LogP contribution in [0.1, 0.15) is 53.9 Å². The molecule has 0 radical (unpaired) electrons. The standard InChI is InChI=1S/C33H38N2O7/c36-22-23-7-9-25(10-8-23)30-19-29(21-35-13-15-40-16-14-35)41-33(42-30)28-6-2-5-27(18-28)26-4-1-3-24(17-26)20-34-31(37)11-12-32(38)39/h1-10,17-18,29-30,33,36H,11-16,19-22H2,(H,34,37)(H,38,39)/t29-,30+,33+/m0/s1. The minimum atomic E-state index is -0.990. The Hall–Kier alpha value is -3.60. The predicted molar refractivity (Wildman–Crippen MR) is 156 cm³/mol. The van der Waals surface area contributed by atoms with Crippen molar-refractivity contribution in [2.24, 2.45) is 0 Å². The second-order valence-corrected chi connectivity index (χ2v) is 10.8. The topological polar surface area (TPSA) is 118 Å². The summed E-state index contributed by atoms with van der Waals surface area (Å²) in [6.45, 7) is 4.34. The van der Waals surface area contributed by atoms with Gasteiger partial charge in [0.2, 0.25) is 5.91 Å². The van der Waals surface area contributed by atoms with Gasteiger partial charge in [-0.3, -0.25) is 14.5 Å². The number of hydrogen-bond acceptors (Lipinski definition) is 7. The summed E-state index contributed by atoms with van der Waals surface area (Å²) in [7, 11) is 0. The largest absolute Gasteiger partial charge is 0.481 e. The van der Waals surface area contributed by atoms with Gasteiger partial charge in [0.05, 0.1) is 38.4 Å². The molecule has 0 bridgehead atoms. The fraction of sp³-hybridized carbons (Fsp3) is 0.394. The molecular weight excluding hydrogens is 536 g/mol. The molecule has 2 aliphatic rings. The summed E-state index contributed by atoms with van der Waals surface area (Å²) in [5, 5.41) is 21.1. The summed E-state index contributed by atoms with van der Waals surface area (Å²) in [6, 6.07) is 23.9. The van der Waals surface area contributed by atoms with Crippen molar-refractivity contribution in [3.8, 4) is 11.1 Å². The van der Waals surface area contributed by atoms with E-state index in [0.29, 0.717) is 6.54 Å². The number of rotatable bonds is 11. The normalized spacial score (nSPS) is 21.1. The molecule has 2 aliphatic heterocycles. The zero-order chi connectivity index (χ0) is 29.3. The van der Waals surface area contributed by atoms with Gasteiger partial charge in [-0.15, -0.1) is 0 Å². The van der Waals surface area contributed by atoms with Crippen LogP contribution < -0.4 is 5.32 Å². The number of ether oxygens (including phenoxy) is 3. The van der Waals surface area contributed by atoms with Crippen molar-refractivity contribution in [3.63, 3.8) is 0 Å². The van der Waals surface area contributed by atoms with Gasteiger partial charge >= 0.3 is 5.97 Å². The second-order valence-electron chi connectivity index (χ2n) is 10.8. The van der Waals surface area contributed by atoms with Crippen LogP contribution in [0.2, 0.25) is 0 Å². The first-order valence-electron chi connectivity index (χ1n) is 14.5. The molecule has 2 saturated heterocycles. The van der Waals surface area contributed by atoms with E-state index in [1.54, 1.807) is 0 Å². The zero-order valence-electron chi connectivity index (χ0n) is 23.6. The number of nitrogens with zero attached hydrogens (tertiary/aromatic N) is 1. The van der Waals surface area contributed by atoms with Crippen LogP contribution in [0, 0.1) is 0 Å². The molecule has 3 atom stereocenters. The SMILES string of the molecule is O=C(O)CCC(=O)NCc1cccc(-c2cccc([C@@H]3O[C@H](CN4CCOCC4)C[C@H](c4ccc(CO)cc4)O3)c2)c1. The lowest BCUT2D eigenvalue weighted by atomic mass is 9.98. The number of aliphatic carboxylic acids is 1. The number of carbonyl (C=O) groups is 2. The Kier molecular flexibility index (Phi) is 10.3. The quantitative estimate of drug-likeness (QED) is 0.312. The van der Waals surface area contributed by atoms with Crippen LogP contribution in [0.4, 0.5) is 0 Å². The molecule has 3 aromatic rings. The average Bonchev–Trinajstić information content (AvgIpc) is 3.03. The van der Waals surface area contributed by atoms with Gasteiger partial charge in [-0.2, -0.15) is 0 Å². The number of hydrogen-bond donors (Lipinski definition) is 3. The third-order valence-corrected chi connectivity index (χ3v) is 7.66. The van der Waals surface area contributed by atoms with Crippen LogP contribution in [0.25, 0.3) is 11.1 Å². The van der Waals surface area contributed by atoms with Gasteiger partial charge in [-0.05, 0) is 39.9 Å². The number of nitrogens with one attached hydrogen (secondary N) is 1. The number of carboxylic acids is 1. The van der Waals surface area contributed by atoms with E-state index < -0.39 is 12.3 Å². The van der Waals surface area contributed by atoms with Crippen molar-refractivity contribution in [3.05, 3.63) is 95.1 Å². The van der Waals surface area contributed by atoms with Crippen molar-refractivity contribution < 1.29 is 34.0 Å². The predicted octanol–water partition coefficient (Wildman–Crippen LogP) is 4.20. The summed E-state index contributed by atoms with van der Waals surface area (Å²) in [4.78, 5) is 25.1. The zero-order valence-corrected chi connectivity index (χ0v) is 23.6. The molecule has 9 nitrogen and oxygen atoms in total. The minimum Gasteiger partial charge on any atom is -0.481 e. The summed E-state index contributed by atoms with van der Waals surface area (Å²) in [5.74, 6) is -1.28. The minimum absolute atomic E-state index is 0.00226. The highest BCUT2D eigenvalue weighted by Gasteiger charge is 2.33. The Morgan fingerprint density at radius 2 is 1.60 bits per heavy atom. The Morgan fingerprint density at radius 1 is 0.857 bits per heavy atom. The highest BCUT2D eigenvalue weighted by Crippen LogP contribution is 2.39. The van der Waals surface area contributed by atoms with Crippen LogP contribution in [0.3, 0.4) is 0 Å². The lowest BCUT2D eigenvalue weighted by Crippen LogP contribution is -2.44. The summed E-state index contributed by atoms with van der Waals surface area (Å²) in [6.07, 6.45) is -0.236. The first-order chi connectivity index (χ1) is 20.5. The fourth-order valence-corrected chi connectivity index (χ4v) is 5.34. The fourth-order valence-electron chi connectivity index (χ4n) is 5.34. The molecule has 0 unspecified atom stereocenters. The highest BCUT2D eigenvalue weighted by molar-refractivity contribution is 5.80. The number of aliphatic hydroxyl groups excluding tert-OH is 1. The molecule has 0 spiro atoms. The molecule has 0 aliphatic carbocycles. The summed E-state index contributed by atoms with van der Waals surface area (Å²) in [5.41, 5.74) is 5.75. The van der Waals surface area contributed by atoms with Crippen molar-refractivity contribution in [1.82, 2.24) is 10.2 Å². The second kappa shape index (κ2) is 14.5. The first kappa shape index (κ1) is 29.9. The van der Waals surface area contributed by atoms with Crippen LogP contribution in [0.15, 0.2) is 72.8 Å². The molecule has 9 heteroatoms. The third kappa shape index (κ3) is 8.24. The molecule has 2 heterocycles. The summed E-state index contributed by atoms with van der Waals surface area (Å²) >= 11 is 0. The van der Waals surface area contributed by atoms with Crippen molar-refractivity contribution in [2.45, 2.75) is 50.9 Å². The van der Waals surface area contributed by atoms with E-state index in [2.05, 4.69) is 16.3 Å². The van der Waals surface area contributed by atoms with Crippen LogP contribution >= 0.6 is 0 Å². The van der Waals surface area contributed by atoms with E-state index in [0.717, 1.165) is 72.6 Å². The molecule has 2 fully saturated rings. The van der Waals surface area contributed by atoms with E-state index in [1.807, 2.05) is 66.7 Å². The number of carbonyl (C=O) groups excluding carboxylic acids is 1.